The summed E-state index contributed by atoms with van der Waals surface area (Å²) in [5.41, 5.74) is 11.1. The Bertz CT molecular complexity index is 670. The van der Waals surface area contributed by atoms with Crippen LogP contribution in [0.3, 0.4) is 0 Å². The third-order valence-electron chi connectivity index (χ3n) is 3.71. The molecular formula is C16H16BrFN2. The van der Waals surface area contributed by atoms with Crippen LogP contribution in [-0.4, -0.2) is 6.54 Å². The number of nitrogen functional groups attached to an aromatic ring is 1. The Morgan fingerprint density at radius 1 is 1.20 bits per heavy atom. The lowest BCUT2D eigenvalue weighted by Gasteiger charge is -2.32. The highest BCUT2D eigenvalue weighted by Gasteiger charge is 2.21. The molecule has 0 aliphatic carbocycles. The van der Waals surface area contributed by atoms with Crippen LogP contribution in [0.5, 0.6) is 0 Å². The lowest BCUT2D eigenvalue weighted by Crippen LogP contribution is -2.25. The van der Waals surface area contributed by atoms with Crippen molar-refractivity contribution in [2.24, 2.45) is 0 Å². The summed E-state index contributed by atoms with van der Waals surface area (Å²) < 4.78 is 14.0. The van der Waals surface area contributed by atoms with Gasteiger partial charge < -0.3 is 10.6 Å². The van der Waals surface area contributed by atoms with Crippen LogP contribution in [0.2, 0.25) is 0 Å². The second-order valence-corrected chi connectivity index (χ2v) is 6.07. The summed E-state index contributed by atoms with van der Waals surface area (Å²) in [4.78, 5) is 2.18. The van der Waals surface area contributed by atoms with Crippen LogP contribution >= 0.6 is 15.9 Å². The zero-order valence-electron chi connectivity index (χ0n) is 11.3. The number of anilines is 3. The summed E-state index contributed by atoms with van der Waals surface area (Å²) in [5.74, 6) is -0.326. The van der Waals surface area contributed by atoms with Gasteiger partial charge in [0.1, 0.15) is 5.82 Å². The number of hydrogen-bond donors (Lipinski definition) is 1. The van der Waals surface area contributed by atoms with E-state index in [9.17, 15) is 4.39 Å². The lowest BCUT2D eigenvalue weighted by atomic mass is 9.99. The molecule has 0 atom stereocenters. The van der Waals surface area contributed by atoms with Gasteiger partial charge in [-0.25, -0.2) is 4.39 Å². The van der Waals surface area contributed by atoms with Crippen molar-refractivity contribution in [3.05, 3.63) is 51.7 Å². The topological polar surface area (TPSA) is 29.3 Å². The quantitative estimate of drug-likeness (QED) is 0.774. The van der Waals surface area contributed by atoms with Gasteiger partial charge in [0.25, 0.3) is 0 Å². The number of nitrogens with two attached hydrogens (primary N) is 1. The van der Waals surface area contributed by atoms with Crippen LogP contribution in [-0.2, 0) is 6.42 Å². The molecule has 104 valence electrons. The maximum absolute atomic E-state index is 13.5. The Labute approximate surface area is 126 Å². The van der Waals surface area contributed by atoms with Crippen LogP contribution < -0.4 is 10.6 Å². The predicted molar refractivity (Wildman–Crippen MR) is 85.0 cm³/mol. The maximum Gasteiger partial charge on any atom is 0.139 e. The van der Waals surface area contributed by atoms with Crippen molar-refractivity contribution in [1.82, 2.24) is 0 Å². The van der Waals surface area contributed by atoms with Crippen molar-refractivity contribution in [3.8, 4) is 0 Å². The van der Waals surface area contributed by atoms with Crippen molar-refractivity contribution in [3.63, 3.8) is 0 Å². The van der Waals surface area contributed by atoms with E-state index >= 15 is 0 Å². The molecule has 0 radical (unpaired) electrons. The Balaban J connectivity index is 2.11. The van der Waals surface area contributed by atoms with Crippen molar-refractivity contribution in [2.45, 2.75) is 19.8 Å². The molecule has 2 aromatic carbocycles. The van der Waals surface area contributed by atoms with Crippen LogP contribution in [0.15, 0.2) is 34.8 Å². The molecule has 1 heterocycles. The Morgan fingerprint density at radius 3 is 2.80 bits per heavy atom. The molecule has 4 heteroatoms. The molecule has 3 rings (SSSR count). The number of nitrogens with zero attached hydrogens (tertiary/aromatic N) is 1. The van der Waals surface area contributed by atoms with E-state index in [0.29, 0.717) is 10.2 Å². The second kappa shape index (κ2) is 5.09. The normalized spacial score (nSPS) is 14.2. The molecule has 0 fully saturated rings. The van der Waals surface area contributed by atoms with Gasteiger partial charge in [-0.15, -0.1) is 0 Å². The number of hydrogen-bond acceptors (Lipinski definition) is 2. The minimum absolute atomic E-state index is 0.326. The highest BCUT2D eigenvalue weighted by molar-refractivity contribution is 9.10. The Hall–Kier alpha value is -1.55. The summed E-state index contributed by atoms with van der Waals surface area (Å²) in [6.07, 6.45) is 2.15. The number of rotatable bonds is 1. The molecule has 0 saturated carbocycles. The van der Waals surface area contributed by atoms with E-state index in [4.69, 9.17) is 5.73 Å². The van der Waals surface area contributed by atoms with Gasteiger partial charge in [-0.2, -0.15) is 0 Å². The first-order chi connectivity index (χ1) is 9.56. The van der Waals surface area contributed by atoms with Crippen molar-refractivity contribution in [1.29, 1.82) is 0 Å². The smallest absolute Gasteiger partial charge is 0.139 e. The van der Waals surface area contributed by atoms with E-state index < -0.39 is 0 Å². The molecule has 1 aliphatic rings. The van der Waals surface area contributed by atoms with Gasteiger partial charge in [-0.1, -0.05) is 17.7 Å². The SMILES string of the molecule is Cc1ccc2c(c1)CCCN2c1cc(Br)c(F)cc1N. The average molecular weight is 335 g/mol. The molecule has 0 saturated heterocycles. The van der Waals surface area contributed by atoms with Gasteiger partial charge in [-0.3, -0.25) is 0 Å². The van der Waals surface area contributed by atoms with Gasteiger partial charge in [0.2, 0.25) is 0 Å². The lowest BCUT2D eigenvalue weighted by molar-refractivity contribution is 0.621. The zero-order valence-corrected chi connectivity index (χ0v) is 12.9. The van der Waals surface area contributed by atoms with Gasteiger partial charge in [0.05, 0.1) is 15.8 Å². The molecule has 20 heavy (non-hydrogen) atoms. The summed E-state index contributed by atoms with van der Waals surface area (Å²) in [6, 6.07) is 9.59. The maximum atomic E-state index is 13.5. The summed E-state index contributed by atoms with van der Waals surface area (Å²) in [5, 5.41) is 0. The van der Waals surface area contributed by atoms with E-state index in [1.165, 1.54) is 22.9 Å². The molecule has 0 bridgehead atoms. The van der Waals surface area contributed by atoms with Crippen LogP contribution in [0.4, 0.5) is 21.5 Å². The van der Waals surface area contributed by atoms with Gasteiger partial charge in [0, 0.05) is 18.3 Å². The number of halogens is 2. The number of benzene rings is 2. The summed E-state index contributed by atoms with van der Waals surface area (Å²) in [7, 11) is 0. The summed E-state index contributed by atoms with van der Waals surface area (Å²) >= 11 is 3.24. The van der Waals surface area contributed by atoms with Gasteiger partial charge >= 0.3 is 0 Å². The zero-order chi connectivity index (χ0) is 14.3. The van der Waals surface area contributed by atoms with E-state index in [0.717, 1.165) is 25.1 Å². The van der Waals surface area contributed by atoms with Gasteiger partial charge in [-0.05, 0) is 53.4 Å². The molecule has 2 N–H and O–H groups in total. The molecule has 2 aromatic rings. The third-order valence-corrected chi connectivity index (χ3v) is 4.32. The van der Waals surface area contributed by atoms with Gasteiger partial charge in [0.15, 0.2) is 0 Å². The van der Waals surface area contributed by atoms with E-state index in [-0.39, 0.29) is 5.82 Å². The first-order valence-electron chi connectivity index (χ1n) is 6.68. The van der Waals surface area contributed by atoms with Crippen LogP contribution in [0, 0.1) is 12.7 Å². The number of aryl methyl sites for hydroxylation is 2. The standard InChI is InChI=1S/C16H16BrFN2/c1-10-4-5-15-11(7-10)3-2-6-20(15)16-8-12(17)13(18)9-14(16)19/h4-5,7-9H,2-3,6,19H2,1H3. The summed E-state index contributed by atoms with van der Waals surface area (Å²) in [6.45, 7) is 3.00. The van der Waals surface area contributed by atoms with E-state index in [1.54, 1.807) is 6.07 Å². The number of fused-ring (bicyclic) bond motifs is 1. The minimum Gasteiger partial charge on any atom is -0.397 e. The molecule has 1 aliphatic heterocycles. The Morgan fingerprint density at radius 2 is 2.00 bits per heavy atom. The van der Waals surface area contributed by atoms with Crippen LogP contribution in [0.25, 0.3) is 0 Å². The van der Waals surface area contributed by atoms with Crippen molar-refractivity contribution in [2.75, 3.05) is 17.2 Å². The first kappa shape index (κ1) is 13.4. The second-order valence-electron chi connectivity index (χ2n) is 5.21. The first-order valence-corrected chi connectivity index (χ1v) is 7.47. The molecular weight excluding hydrogens is 319 g/mol. The third kappa shape index (κ3) is 2.29. The molecule has 0 spiro atoms. The molecule has 0 amide bonds. The fourth-order valence-corrected chi connectivity index (χ4v) is 3.09. The fraction of sp³-hybridized carbons (Fsp3) is 0.250. The molecule has 0 unspecified atom stereocenters. The average Bonchev–Trinajstić information content (AvgIpc) is 2.42. The minimum atomic E-state index is -0.326. The molecule has 0 aromatic heterocycles. The monoisotopic (exact) mass is 334 g/mol. The highest BCUT2D eigenvalue weighted by atomic mass is 79.9. The van der Waals surface area contributed by atoms with Crippen LogP contribution in [0.1, 0.15) is 17.5 Å². The van der Waals surface area contributed by atoms with E-state index in [1.807, 2.05) is 0 Å². The molecule has 2 nitrogen and oxygen atoms in total. The van der Waals surface area contributed by atoms with E-state index in [2.05, 4.69) is 46.0 Å². The fourth-order valence-electron chi connectivity index (χ4n) is 2.76. The largest absolute Gasteiger partial charge is 0.397 e. The Kier molecular flexibility index (Phi) is 3.42. The van der Waals surface area contributed by atoms with Crippen molar-refractivity contribution >= 4 is 33.0 Å². The van der Waals surface area contributed by atoms with Crippen molar-refractivity contribution < 1.29 is 4.39 Å². The predicted octanol–water partition coefficient (Wildman–Crippen LogP) is 4.56. The highest BCUT2D eigenvalue weighted by Crippen LogP contribution is 2.38.